The molecule has 2 aromatic heterocycles. The fourth-order valence-electron chi connectivity index (χ4n) is 2.71. The lowest BCUT2D eigenvalue weighted by molar-refractivity contribution is 0.629. The van der Waals surface area contributed by atoms with Crippen molar-refractivity contribution in [2.24, 2.45) is 0 Å². The van der Waals surface area contributed by atoms with Crippen molar-refractivity contribution in [1.82, 2.24) is 9.97 Å². The quantitative estimate of drug-likeness (QED) is 0.768. The molecule has 0 aliphatic heterocycles. The number of aromatic nitrogens is 2. The molecule has 0 amide bonds. The van der Waals surface area contributed by atoms with Gasteiger partial charge in [-0.05, 0) is 49.1 Å². The van der Waals surface area contributed by atoms with Gasteiger partial charge in [0, 0.05) is 9.75 Å². The summed E-state index contributed by atoms with van der Waals surface area (Å²) in [5.41, 5.74) is 3.02. The Kier molecular flexibility index (Phi) is 2.73. The van der Waals surface area contributed by atoms with Crippen LogP contribution in [-0.4, -0.2) is 9.97 Å². The minimum atomic E-state index is -0.248. The summed E-state index contributed by atoms with van der Waals surface area (Å²) in [6.07, 6.45) is 3.74. The fourth-order valence-corrected chi connectivity index (χ4v) is 3.91. The van der Waals surface area contributed by atoms with Crippen LogP contribution in [0.4, 0.5) is 10.3 Å². The average Bonchev–Trinajstić information content (AvgIpc) is 3.08. The molecule has 0 fully saturated rings. The molecule has 2 N–H and O–H groups in total. The van der Waals surface area contributed by atoms with Crippen LogP contribution in [-0.2, 0) is 19.4 Å². The summed E-state index contributed by atoms with van der Waals surface area (Å²) in [4.78, 5) is 10.4. The monoisotopic (exact) mass is 287 g/mol. The van der Waals surface area contributed by atoms with Crippen molar-refractivity contribution in [2.45, 2.75) is 25.8 Å². The summed E-state index contributed by atoms with van der Waals surface area (Å²) in [6, 6.07) is 6.87. The first-order valence-electron chi connectivity index (χ1n) is 6.77. The van der Waals surface area contributed by atoms with E-state index in [9.17, 15) is 4.39 Å². The Balaban J connectivity index is 1.52. The maximum Gasteiger partial charge on any atom is 0.201 e. The molecule has 4 rings (SSSR count). The van der Waals surface area contributed by atoms with Crippen LogP contribution < -0.4 is 5.32 Å². The number of anilines is 1. The molecule has 0 bridgehead atoms. The Morgan fingerprint density at radius 3 is 3.15 bits per heavy atom. The minimum Gasteiger partial charge on any atom is -0.351 e. The van der Waals surface area contributed by atoms with E-state index in [0.29, 0.717) is 5.95 Å². The van der Waals surface area contributed by atoms with Crippen LogP contribution in [0.25, 0.3) is 11.0 Å². The summed E-state index contributed by atoms with van der Waals surface area (Å²) in [7, 11) is 0. The fraction of sp³-hybridized carbons (Fsp3) is 0.267. The lowest BCUT2D eigenvalue weighted by Gasteiger charge is -1.99. The van der Waals surface area contributed by atoms with E-state index in [1.807, 2.05) is 11.3 Å². The third-order valence-electron chi connectivity index (χ3n) is 3.67. The number of aromatic amines is 1. The normalized spacial score (nSPS) is 13.8. The second-order valence-corrected chi connectivity index (χ2v) is 6.34. The molecule has 0 radical (unpaired) electrons. The summed E-state index contributed by atoms with van der Waals surface area (Å²) in [5, 5.41) is 3.28. The molecule has 102 valence electrons. The number of benzene rings is 1. The van der Waals surface area contributed by atoms with Gasteiger partial charge in [0.1, 0.15) is 5.82 Å². The lowest BCUT2D eigenvalue weighted by Crippen LogP contribution is -1.98. The highest BCUT2D eigenvalue weighted by Gasteiger charge is 2.14. The molecule has 0 spiro atoms. The minimum absolute atomic E-state index is 0.248. The van der Waals surface area contributed by atoms with Crippen molar-refractivity contribution in [3.63, 3.8) is 0 Å². The zero-order chi connectivity index (χ0) is 13.5. The Bertz CT molecular complexity index is 753. The van der Waals surface area contributed by atoms with Crippen LogP contribution >= 0.6 is 11.3 Å². The van der Waals surface area contributed by atoms with Crippen molar-refractivity contribution < 1.29 is 4.39 Å². The van der Waals surface area contributed by atoms with E-state index in [4.69, 9.17) is 0 Å². The number of rotatable bonds is 3. The highest BCUT2D eigenvalue weighted by atomic mass is 32.1. The smallest absolute Gasteiger partial charge is 0.201 e. The molecule has 0 atom stereocenters. The molecular weight excluding hydrogens is 273 g/mol. The molecule has 20 heavy (non-hydrogen) atoms. The molecule has 3 aromatic rings. The van der Waals surface area contributed by atoms with Gasteiger partial charge >= 0.3 is 0 Å². The zero-order valence-corrected chi connectivity index (χ0v) is 11.7. The number of thiophene rings is 1. The van der Waals surface area contributed by atoms with Gasteiger partial charge in [-0.25, -0.2) is 9.37 Å². The lowest BCUT2D eigenvalue weighted by atomic mass is 10.2. The molecule has 1 aliphatic rings. The number of aryl methyl sites for hydroxylation is 2. The van der Waals surface area contributed by atoms with Crippen molar-refractivity contribution >= 4 is 28.3 Å². The van der Waals surface area contributed by atoms with Crippen LogP contribution in [0.15, 0.2) is 24.3 Å². The second kappa shape index (κ2) is 4.59. The number of hydrogen-bond donors (Lipinski definition) is 2. The van der Waals surface area contributed by atoms with Gasteiger partial charge in [0.15, 0.2) is 0 Å². The van der Waals surface area contributed by atoms with Crippen LogP contribution in [0.5, 0.6) is 0 Å². The number of nitrogens with zero attached hydrogens (tertiary/aromatic N) is 1. The Morgan fingerprint density at radius 1 is 1.30 bits per heavy atom. The molecule has 0 unspecified atom stereocenters. The van der Waals surface area contributed by atoms with E-state index in [-0.39, 0.29) is 5.82 Å². The standard InChI is InChI=1S/C15H14FN3S/c16-10-4-5-12-13(7-10)19-15(18-12)17-8-11-6-9-2-1-3-14(9)20-11/h4-7H,1-3,8H2,(H2,17,18,19). The third kappa shape index (κ3) is 2.08. The Hall–Kier alpha value is -1.88. The summed E-state index contributed by atoms with van der Waals surface area (Å²) in [6.45, 7) is 0.764. The summed E-state index contributed by atoms with van der Waals surface area (Å²) < 4.78 is 13.1. The van der Waals surface area contributed by atoms with Gasteiger partial charge in [-0.1, -0.05) is 0 Å². The number of nitrogens with one attached hydrogen (secondary N) is 2. The number of fused-ring (bicyclic) bond motifs is 2. The Morgan fingerprint density at radius 2 is 2.25 bits per heavy atom. The van der Waals surface area contributed by atoms with Gasteiger partial charge in [0.05, 0.1) is 17.6 Å². The van der Waals surface area contributed by atoms with Crippen molar-refractivity contribution in [3.8, 4) is 0 Å². The molecule has 0 saturated carbocycles. The number of H-pyrrole nitrogens is 1. The van der Waals surface area contributed by atoms with Crippen LogP contribution in [0, 0.1) is 5.82 Å². The molecular formula is C15H14FN3S. The molecule has 2 heterocycles. The first-order valence-corrected chi connectivity index (χ1v) is 7.59. The van der Waals surface area contributed by atoms with Crippen LogP contribution in [0.1, 0.15) is 21.7 Å². The molecule has 5 heteroatoms. The SMILES string of the molecule is Fc1ccc2nc(NCc3cc4c(s3)CCC4)[nH]c2c1. The topological polar surface area (TPSA) is 40.7 Å². The first kappa shape index (κ1) is 11.9. The maximum atomic E-state index is 13.1. The highest BCUT2D eigenvalue weighted by Crippen LogP contribution is 2.30. The predicted molar refractivity (Wildman–Crippen MR) is 79.7 cm³/mol. The van der Waals surface area contributed by atoms with E-state index in [1.54, 1.807) is 6.07 Å². The molecule has 0 saturated heterocycles. The Labute approximate surface area is 119 Å². The van der Waals surface area contributed by atoms with Gasteiger partial charge in [-0.15, -0.1) is 11.3 Å². The van der Waals surface area contributed by atoms with E-state index >= 15 is 0 Å². The van der Waals surface area contributed by atoms with Crippen molar-refractivity contribution in [3.05, 3.63) is 45.4 Å². The van der Waals surface area contributed by atoms with Gasteiger partial charge in [-0.3, -0.25) is 0 Å². The van der Waals surface area contributed by atoms with Gasteiger partial charge < -0.3 is 10.3 Å². The van der Waals surface area contributed by atoms with Crippen LogP contribution in [0.2, 0.25) is 0 Å². The van der Waals surface area contributed by atoms with E-state index in [1.165, 1.54) is 46.7 Å². The van der Waals surface area contributed by atoms with Crippen LogP contribution in [0.3, 0.4) is 0 Å². The highest BCUT2D eigenvalue weighted by molar-refractivity contribution is 7.12. The number of imidazole rings is 1. The molecule has 3 nitrogen and oxygen atoms in total. The number of hydrogen-bond acceptors (Lipinski definition) is 3. The average molecular weight is 287 g/mol. The predicted octanol–water partition coefficient (Wildman–Crippen LogP) is 3.86. The number of halogens is 1. The largest absolute Gasteiger partial charge is 0.351 e. The van der Waals surface area contributed by atoms with Crippen molar-refractivity contribution in [1.29, 1.82) is 0 Å². The van der Waals surface area contributed by atoms with Gasteiger partial charge in [-0.2, -0.15) is 0 Å². The first-order chi connectivity index (χ1) is 9.78. The second-order valence-electron chi connectivity index (χ2n) is 5.12. The van der Waals surface area contributed by atoms with Gasteiger partial charge in [0.25, 0.3) is 0 Å². The third-order valence-corrected chi connectivity index (χ3v) is 4.91. The zero-order valence-electron chi connectivity index (χ0n) is 10.9. The van der Waals surface area contributed by atoms with Crippen molar-refractivity contribution in [2.75, 3.05) is 5.32 Å². The van der Waals surface area contributed by atoms with E-state index < -0.39 is 0 Å². The molecule has 1 aliphatic carbocycles. The van der Waals surface area contributed by atoms with E-state index in [2.05, 4.69) is 21.4 Å². The maximum absolute atomic E-state index is 13.1. The summed E-state index contributed by atoms with van der Waals surface area (Å²) in [5.74, 6) is 0.446. The van der Waals surface area contributed by atoms with E-state index in [0.717, 1.165) is 17.6 Å². The summed E-state index contributed by atoms with van der Waals surface area (Å²) >= 11 is 1.89. The van der Waals surface area contributed by atoms with Gasteiger partial charge in [0.2, 0.25) is 5.95 Å². The molecule has 1 aromatic carbocycles.